The van der Waals surface area contributed by atoms with Crippen molar-refractivity contribution < 1.29 is 20.1 Å². The first kappa shape index (κ1) is 16.1. The smallest absolute Gasteiger partial charge is 0.193 e. The van der Waals surface area contributed by atoms with Crippen molar-refractivity contribution in [2.75, 3.05) is 0 Å². The summed E-state index contributed by atoms with van der Waals surface area (Å²) in [5, 5.41) is 31.9. The largest absolute Gasteiger partial charge is 0.508 e. The van der Waals surface area contributed by atoms with Crippen molar-refractivity contribution in [3.63, 3.8) is 0 Å². The Hall–Kier alpha value is -3.09. The van der Waals surface area contributed by atoms with Gasteiger partial charge in [0.15, 0.2) is 10.7 Å². The molecule has 3 aromatic carbocycles. The molecular formula is C21H13NO4S. The normalized spacial score (nSPS) is 19.9. The summed E-state index contributed by atoms with van der Waals surface area (Å²) in [5.41, 5.74) is 2.74. The van der Waals surface area contributed by atoms with Crippen molar-refractivity contribution in [2.24, 2.45) is 4.99 Å². The molecule has 27 heavy (non-hydrogen) atoms. The number of benzene rings is 3. The van der Waals surface area contributed by atoms with Gasteiger partial charge in [0.05, 0.1) is 5.69 Å². The Morgan fingerprint density at radius 3 is 2.48 bits per heavy atom. The number of aromatic hydroxyl groups is 2. The van der Waals surface area contributed by atoms with Crippen LogP contribution in [0.5, 0.6) is 11.5 Å². The highest BCUT2D eigenvalue weighted by atomic mass is 32.2. The van der Waals surface area contributed by atoms with E-state index in [9.17, 15) is 20.1 Å². The van der Waals surface area contributed by atoms with E-state index in [0.717, 1.165) is 11.8 Å². The standard InChI is InChI=1S/C21H13NO4S/c23-11-8-9-13(17(24)10-11)20-22-16-7-3-5-14-18(16)21(26,27-20)15-6-2-1-4-12(15)19(14)25/h1-10,23-24,26H. The van der Waals surface area contributed by atoms with E-state index >= 15 is 0 Å². The number of carbonyl (C=O) groups excluding carboxylic acids is 1. The second kappa shape index (κ2) is 5.45. The second-order valence-electron chi connectivity index (χ2n) is 6.44. The van der Waals surface area contributed by atoms with Crippen LogP contribution in [0.1, 0.15) is 32.6 Å². The summed E-state index contributed by atoms with van der Waals surface area (Å²) in [6, 6.07) is 16.4. The molecule has 132 valence electrons. The molecule has 0 radical (unpaired) electrons. The first-order chi connectivity index (χ1) is 13.0. The first-order valence-electron chi connectivity index (χ1n) is 8.29. The summed E-state index contributed by atoms with van der Waals surface area (Å²) in [6.45, 7) is 0. The van der Waals surface area contributed by atoms with Gasteiger partial charge in [-0.15, -0.1) is 0 Å². The number of rotatable bonds is 1. The third-order valence-corrected chi connectivity index (χ3v) is 6.06. The molecule has 0 spiro atoms. The van der Waals surface area contributed by atoms with E-state index in [2.05, 4.69) is 4.99 Å². The third-order valence-electron chi connectivity index (χ3n) is 4.84. The molecular weight excluding hydrogens is 362 g/mol. The van der Waals surface area contributed by atoms with Crippen LogP contribution in [0.3, 0.4) is 0 Å². The predicted octanol–water partition coefficient (Wildman–Crippen LogP) is 3.66. The lowest BCUT2D eigenvalue weighted by Gasteiger charge is -2.38. The van der Waals surface area contributed by atoms with Gasteiger partial charge in [0.25, 0.3) is 0 Å². The first-order valence-corrected chi connectivity index (χ1v) is 9.11. The lowest BCUT2D eigenvalue weighted by Crippen LogP contribution is -2.35. The number of aliphatic hydroxyl groups is 1. The van der Waals surface area contributed by atoms with Crippen molar-refractivity contribution in [2.45, 2.75) is 4.93 Å². The minimum atomic E-state index is -1.50. The monoisotopic (exact) mass is 375 g/mol. The molecule has 0 bridgehead atoms. The Morgan fingerprint density at radius 1 is 0.889 bits per heavy atom. The fraction of sp³-hybridized carbons (Fsp3) is 0.0476. The number of fused-ring (bicyclic) bond motifs is 2. The molecule has 1 heterocycles. The lowest BCUT2D eigenvalue weighted by molar-refractivity contribution is 0.100. The summed E-state index contributed by atoms with van der Waals surface area (Å²) in [6.07, 6.45) is 0. The zero-order valence-corrected chi connectivity index (χ0v) is 14.7. The van der Waals surface area contributed by atoms with Crippen LogP contribution in [0.4, 0.5) is 5.69 Å². The van der Waals surface area contributed by atoms with E-state index < -0.39 is 4.93 Å². The molecule has 0 fully saturated rings. The summed E-state index contributed by atoms with van der Waals surface area (Å²) >= 11 is 1.07. The van der Waals surface area contributed by atoms with Crippen molar-refractivity contribution in [1.82, 2.24) is 0 Å². The summed E-state index contributed by atoms with van der Waals surface area (Å²) in [7, 11) is 0. The van der Waals surface area contributed by atoms with Crippen LogP contribution in [-0.2, 0) is 4.93 Å². The highest BCUT2D eigenvalue weighted by Gasteiger charge is 2.47. The Morgan fingerprint density at radius 2 is 1.67 bits per heavy atom. The minimum Gasteiger partial charge on any atom is -0.508 e. The Kier molecular flexibility index (Phi) is 3.25. The molecule has 1 atom stereocenters. The molecule has 5 rings (SSSR count). The van der Waals surface area contributed by atoms with Gasteiger partial charge in [-0.05, 0) is 18.2 Å². The molecule has 0 saturated carbocycles. The number of ketones is 1. The van der Waals surface area contributed by atoms with Crippen LogP contribution in [0.2, 0.25) is 0 Å². The number of carbonyl (C=O) groups is 1. The van der Waals surface area contributed by atoms with Gasteiger partial charge >= 0.3 is 0 Å². The maximum Gasteiger partial charge on any atom is 0.193 e. The molecule has 0 aromatic heterocycles. The van der Waals surface area contributed by atoms with Gasteiger partial charge in [0.1, 0.15) is 16.5 Å². The maximum absolute atomic E-state index is 12.9. The maximum atomic E-state index is 12.9. The van der Waals surface area contributed by atoms with E-state index in [-0.39, 0.29) is 17.3 Å². The van der Waals surface area contributed by atoms with Gasteiger partial charge in [-0.1, -0.05) is 48.2 Å². The Labute approximate surface area is 158 Å². The van der Waals surface area contributed by atoms with Crippen molar-refractivity contribution >= 4 is 28.3 Å². The number of aliphatic imine (C=N–C) groups is 1. The van der Waals surface area contributed by atoms with Crippen molar-refractivity contribution in [3.8, 4) is 11.5 Å². The molecule has 2 aliphatic rings. The van der Waals surface area contributed by atoms with Crippen LogP contribution >= 0.6 is 11.8 Å². The van der Waals surface area contributed by atoms with Gasteiger partial charge in [0.2, 0.25) is 0 Å². The molecule has 5 nitrogen and oxygen atoms in total. The Balaban J connectivity index is 1.80. The van der Waals surface area contributed by atoms with E-state index in [1.165, 1.54) is 12.1 Å². The number of phenols is 2. The minimum absolute atomic E-state index is 0.0623. The number of thioether (sulfide) groups is 1. The third kappa shape index (κ3) is 2.17. The number of phenolic OH excluding ortho intramolecular Hbond substituents is 2. The molecule has 1 unspecified atom stereocenters. The molecule has 1 aliphatic heterocycles. The average molecular weight is 375 g/mol. The van der Waals surface area contributed by atoms with Gasteiger partial charge in [-0.3, -0.25) is 4.79 Å². The van der Waals surface area contributed by atoms with Crippen LogP contribution < -0.4 is 0 Å². The number of hydrogen-bond donors (Lipinski definition) is 3. The van der Waals surface area contributed by atoms with Crippen LogP contribution in [0.15, 0.2) is 65.7 Å². The van der Waals surface area contributed by atoms with Crippen molar-refractivity contribution in [3.05, 3.63) is 88.5 Å². The fourth-order valence-electron chi connectivity index (χ4n) is 3.63. The summed E-state index contributed by atoms with van der Waals surface area (Å²) in [5.74, 6) is -0.337. The van der Waals surface area contributed by atoms with Crippen LogP contribution in [0.25, 0.3) is 0 Å². The van der Waals surface area contributed by atoms with E-state index in [0.29, 0.717) is 38.5 Å². The van der Waals surface area contributed by atoms with Gasteiger partial charge in [0, 0.05) is 33.9 Å². The zero-order valence-electron chi connectivity index (χ0n) is 13.9. The van der Waals surface area contributed by atoms with E-state index in [4.69, 9.17) is 0 Å². The summed E-state index contributed by atoms with van der Waals surface area (Å²) < 4.78 is 0. The highest BCUT2D eigenvalue weighted by molar-refractivity contribution is 8.15. The molecule has 0 saturated heterocycles. The Bertz CT molecular complexity index is 1170. The average Bonchev–Trinajstić information content (AvgIpc) is 2.66. The predicted molar refractivity (Wildman–Crippen MR) is 103 cm³/mol. The number of nitrogens with zero attached hydrogens (tertiary/aromatic N) is 1. The molecule has 3 aromatic rings. The molecule has 3 N–H and O–H groups in total. The van der Waals surface area contributed by atoms with E-state index in [1.54, 1.807) is 48.5 Å². The van der Waals surface area contributed by atoms with Gasteiger partial charge in [-0.2, -0.15) is 0 Å². The molecule has 6 heteroatoms. The number of hydrogen-bond acceptors (Lipinski definition) is 6. The lowest BCUT2D eigenvalue weighted by atomic mass is 9.81. The highest BCUT2D eigenvalue weighted by Crippen LogP contribution is 2.55. The topological polar surface area (TPSA) is 90.1 Å². The summed E-state index contributed by atoms with van der Waals surface area (Å²) in [4.78, 5) is 16.0. The SMILES string of the molecule is O=C1c2ccccc2C2(O)SC(c3ccc(O)cc3O)=Nc3cccc1c32. The van der Waals surface area contributed by atoms with Gasteiger partial charge < -0.3 is 15.3 Å². The molecule has 0 amide bonds. The zero-order chi connectivity index (χ0) is 18.8. The van der Waals surface area contributed by atoms with Crippen molar-refractivity contribution in [1.29, 1.82) is 0 Å². The van der Waals surface area contributed by atoms with Crippen LogP contribution in [0, 0.1) is 0 Å². The fourth-order valence-corrected chi connectivity index (χ4v) is 4.94. The van der Waals surface area contributed by atoms with Gasteiger partial charge in [-0.25, -0.2) is 4.99 Å². The molecule has 1 aliphatic carbocycles. The quantitative estimate of drug-likeness (QED) is 0.604. The van der Waals surface area contributed by atoms with E-state index in [1.807, 2.05) is 0 Å². The second-order valence-corrected chi connectivity index (χ2v) is 7.62. The van der Waals surface area contributed by atoms with Crippen LogP contribution in [-0.4, -0.2) is 26.1 Å².